The van der Waals surface area contributed by atoms with Gasteiger partial charge in [-0.1, -0.05) is 26.0 Å². The third-order valence-corrected chi connectivity index (χ3v) is 3.46. The van der Waals surface area contributed by atoms with Crippen LogP contribution in [0.5, 0.6) is 0 Å². The molecule has 3 rings (SSSR count). The zero-order valence-corrected chi connectivity index (χ0v) is 11.9. The molecule has 4 heteroatoms. The van der Waals surface area contributed by atoms with Gasteiger partial charge in [-0.05, 0) is 41.3 Å². The quantitative estimate of drug-likeness (QED) is 0.690. The fourth-order valence-corrected chi connectivity index (χ4v) is 2.25. The fourth-order valence-electron chi connectivity index (χ4n) is 2.25. The third kappa shape index (κ3) is 2.79. The monoisotopic (exact) mass is 287 g/mol. The number of benzene rings is 2. The molecule has 21 heavy (non-hydrogen) atoms. The first-order chi connectivity index (χ1) is 10.0. The SMILES string of the molecule is CC(C)c1ccc2nc(Cc3ccc(F)c(F)c3)oc2c1. The summed E-state index contributed by atoms with van der Waals surface area (Å²) in [5.41, 5.74) is 3.30. The molecule has 0 saturated heterocycles. The number of hydrogen-bond donors (Lipinski definition) is 0. The van der Waals surface area contributed by atoms with Crippen molar-refractivity contribution in [3.8, 4) is 0 Å². The van der Waals surface area contributed by atoms with Gasteiger partial charge in [-0.25, -0.2) is 13.8 Å². The van der Waals surface area contributed by atoms with E-state index in [2.05, 4.69) is 18.8 Å². The number of halogens is 2. The maximum Gasteiger partial charge on any atom is 0.199 e. The first-order valence-corrected chi connectivity index (χ1v) is 6.86. The zero-order chi connectivity index (χ0) is 15.0. The van der Waals surface area contributed by atoms with Crippen molar-refractivity contribution in [3.63, 3.8) is 0 Å². The van der Waals surface area contributed by atoms with Crippen LogP contribution in [0.25, 0.3) is 11.1 Å². The highest BCUT2D eigenvalue weighted by Crippen LogP contribution is 2.23. The summed E-state index contributed by atoms with van der Waals surface area (Å²) in [5, 5.41) is 0. The van der Waals surface area contributed by atoms with Gasteiger partial charge in [0.2, 0.25) is 0 Å². The van der Waals surface area contributed by atoms with Crippen molar-refractivity contribution in [2.75, 3.05) is 0 Å². The molecule has 0 spiro atoms. The lowest BCUT2D eigenvalue weighted by Crippen LogP contribution is -1.91. The van der Waals surface area contributed by atoms with E-state index in [1.54, 1.807) is 0 Å². The van der Waals surface area contributed by atoms with E-state index in [1.807, 2.05) is 18.2 Å². The van der Waals surface area contributed by atoms with Crippen LogP contribution < -0.4 is 0 Å². The van der Waals surface area contributed by atoms with Gasteiger partial charge in [0.05, 0.1) is 0 Å². The molecule has 0 fully saturated rings. The Morgan fingerprint density at radius 3 is 2.57 bits per heavy atom. The number of aromatic nitrogens is 1. The summed E-state index contributed by atoms with van der Waals surface area (Å²) in [6, 6.07) is 9.74. The molecule has 3 aromatic rings. The Labute approximate surface area is 121 Å². The van der Waals surface area contributed by atoms with Gasteiger partial charge in [0, 0.05) is 6.42 Å². The van der Waals surface area contributed by atoms with E-state index in [-0.39, 0.29) is 0 Å². The van der Waals surface area contributed by atoms with Crippen molar-refractivity contribution in [3.05, 3.63) is 65.1 Å². The normalized spacial score (nSPS) is 11.5. The molecule has 0 N–H and O–H groups in total. The minimum atomic E-state index is -0.856. The Balaban J connectivity index is 1.92. The van der Waals surface area contributed by atoms with E-state index in [4.69, 9.17) is 4.42 Å². The summed E-state index contributed by atoms with van der Waals surface area (Å²) < 4.78 is 31.8. The van der Waals surface area contributed by atoms with Crippen molar-refractivity contribution in [1.29, 1.82) is 0 Å². The Morgan fingerprint density at radius 2 is 1.86 bits per heavy atom. The first-order valence-electron chi connectivity index (χ1n) is 6.86. The van der Waals surface area contributed by atoms with Crippen LogP contribution in [0.3, 0.4) is 0 Å². The number of oxazole rings is 1. The van der Waals surface area contributed by atoms with Crippen LogP contribution in [0.1, 0.15) is 36.8 Å². The summed E-state index contributed by atoms with van der Waals surface area (Å²) in [6.45, 7) is 4.22. The lowest BCUT2D eigenvalue weighted by Gasteiger charge is -2.02. The predicted octanol–water partition coefficient (Wildman–Crippen LogP) is 4.82. The summed E-state index contributed by atoms with van der Waals surface area (Å²) in [7, 11) is 0. The summed E-state index contributed by atoms with van der Waals surface area (Å²) in [4.78, 5) is 4.38. The molecule has 0 aliphatic rings. The van der Waals surface area contributed by atoms with Crippen LogP contribution in [0.4, 0.5) is 8.78 Å². The second-order valence-electron chi connectivity index (χ2n) is 5.41. The van der Waals surface area contributed by atoms with E-state index < -0.39 is 11.6 Å². The van der Waals surface area contributed by atoms with E-state index in [9.17, 15) is 8.78 Å². The molecule has 1 heterocycles. The molecule has 2 aromatic carbocycles. The Bertz CT molecular complexity index is 793. The van der Waals surface area contributed by atoms with Gasteiger partial charge in [-0.2, -0.15) is 0 Å². The van der Waals surface area contributed by atoms with Crippen molar-refractivity contribution in [2.45, 2.75) is 26.2 Å². The molecule has 0 unspecified atom stereocenters. The molecule has 0 aliphatic carbocycles. The molecule has 0 amide bonds. The van der Waals surface area contributed by atoms with Crippen molar-refractivity contribution in [1.82, 2.24) is 4.98 Å². The summed E-state index contributed by atoms with van der Waals surface area (Å²) >= 11 is 0. The van der Waals surface area contributed by atoms with Crippen molar-refractivity contribution in [2.24, 2.45) is 0 Å². The molecule has 0 bridgehead atoms. The molecule has 0 saturated carbocycles. The van der Waals surface area contributed by atoms with Crippen LogP contribution in [0.2, 0.25) is 0 Å². The van der Waals surface area contributed by atoms with Crippen LogP contribution in [0.15, 0.2) is 40.8 Å². The van der Waals surface area contributed by atoms with E-state index in [0.29, 0.717) is 23.8 Å². The summed E-state index contributed by atoms with van der Waals surface area (Å²) in [6.07, 6.45) is 0.336. The van der Waals surface area contributed by atoms with Gasteiger partial charge >= 0.3 is 0 Å². The molecule has 0 radical (unpaired) electrons. The van der Waals surface area contributed by atoms with E-state index >= 15 is 0 Å². The Hall–Kier alpha value is -2.23. The molecule has 0 atom stereocenters. The van der Waals surface area contributed by atoms with Crippen LogP contribution >= 0.6 is 0 Å². The molecule has 2 nitrogen and oxygen atoms in total. The average molecular weight is 287 g/mol. The van der Waals surface area contributed by atoms with Gasteiger partial charge in [0.1, 0.15) is 5.52 Å². The smallest absolute Gasteiger partial charge is 0.199 e. The second kappa shape index (κ2) is 5.28. The van der Waals surface area contributed by atoms with Gasteiger partial charge in [0.15, 0.2) is 23.1 Å². The minimum Gasteiger partial charge on any atom is -0.440 e. The highest BCUT2D eigenvalue weighted by atomic mass is 19.2. The van der Waals surface area contributed by atoms with Crippen LogP contribution in [-0.4, -0.2) is 4.98 Å². The largest absolute Gasteiger partial charge is 0.440 e. The topological polar surface area (TPSA) is 26.0 Å². The van der Waals surface area contributed by atoms with Gasteiger partial charge in [-0.15, -0.1) is 0 Å². The predicted molar refractivity (Wildman–Crippen MR) is 77.3 cm³/mol. The number of rotatable bonds is 3. The molecule has 1 aromatic heterocycles. The van der Waals surface area contributed by atoms with Crippen LogP contribution in [0, 0.1) is 11.6 Å². The van der Waals surface area contributed by atoms with E-state index in [1.165, 1.54) is 17.7 Å². The third-order valence-electron chi connectivity index (χ3n) is 3.46. The summed E-state index contributed by atoms with van der Waals surface area (Å²) in [5.74, 6) is -0.797. The van der Waals surface area contributed by atoms with Gasteiger partial charge in [-0.3, -0.25) is 0 Å². The highest BCUT2D eigenvalue weighted by Gasteiger charge is 2.10. The first kappa shape index (κ1) is 13.7. The number of fused-ring (bicyclic) bond motifs is 1. The average Bonchev–Trinajstić information content (AvgIpc) is 2.84. The van der Waals surface area contributed by atoms with Gasteiger partial charge < -0.3 is 4.42 Å². The standard InChI is InChI=1S/C17H15F2NO/c1-10(2)12-4-6-15-16(9-12)21-17(20-15)8-11-3-5-13(18)14(19)7-11/h3-7,9-10H,8H2,1-2H3. The maximum atomic E-state index is 13.2. The zero-order valence-electron chi connectivity index (χ0n) is 11.9. The molecular weight excluding hydrogens is 272 g/mol. The van der Waals surface area contributed by atoms with Crippen molar-refractivity contribution >= 4 is 11.1 Å². The van der Waals surface area contributed by atoms with E-state index in [0.717, 1.165) is 17.2 Å². The molecule has 108 valence electrons. The van der Waals surface area contributed by atoms with Crippen molar-refractivity contribution < 1.29 is 13.2 Å². The lowest BCUT2D eigenvalue weighted by molar-refractivity contribution is 0.505. The Kier molecular flexibility index (Phi) is 3.45. The number of nitrogens with zero attached hydrogens (tertiary/aromatic N) is 1. The lowest BCUT2D eigenvalue weighted by atomic mass is 10.0. The second-order valence-corrected chi connectivity index (χ2v) is 5.41. The molecular formula is C17H15F2NO. The fraction of sp³-hybridized carbons (Fsp3) is 0.235. The Morgan fingerprint density at radius 1 is 1.05 bits per heavy atom. The molecule has 0 aliphatic heterocycles. The van der Waals surface area contributed by atoms with Crippen LogP contribution in [-0.2, 0) is 6.42 Å². The van der Waals surface area contributed by atoms with Gasteiger partial charge in [0.25, 0.3) is 0 Å². The minimum absolute atomic E-state index is 0.336. The highest BCUT2D eigenvalue weighted by molar-refractivity contribution is 5.73. The maximum absolute atomic E-state index is 13.2. The number of hydrogen-bond acceptors (Lipinski definition) is 2.